The number of halogens is 2. The van der Waals surface area contributed by atoms with Crippen molar-refractivity contribution in [3.8, 4) is 0 Å². The molecule has 0 radical (unpaired) electrons. The summed E-state index contributed by atoms with van der Waals surface area (Å²) < 4.78 is 33.7. The van der Waals surface area contributed by atoms with Crippen molar-refractivity contribution in [1.29, 1.82) is 0 Å². The molecule has 2 bridgehead atoms. The van der Waals surface area contributed by atoms with E-state index in [1.54, 1.807) is 0 Å². The Morgan fingerprint density at radius 2 is 1.83 bits per heavy atom. The van der Waals surface area contributed by atoms with Crippen molar-refractivity contribution >= 4 is 34.1 Å². The first-order valence-corrected chi connectivity index (χ1v) is 9.68. The second kappa shape index (κ2) is 6.81. The second-order valence-electron chi connectivity index (χ2n) is 7.72. The molecule has 0 saturated carbocycles. The van der Waals surface area contributed by atoms with Gasteiger partial charge in [-0.15, -0.1) is 0 Å². The van der Waals surface area contributed by atoms with Gasteiger partial charge in [0.1, 0.15) is 0 Å². The van der Waals surface area contributed by atoms with Gasteiger partial charge in [-0.2, -0.15) is 0 Å². The van der Waals surface area contributed by atoms with Gasteiger partial charge in [-0.05, 0) is 36.1 Å². The number of fused-ring (bicyclic) bond motifs is 3. The molecule has 2 atom stereocenters. The largest absolute Gasteiger partial charge is 0.371 e. The fourth-order valence-corrected chi connectivity index (χ4v) is 4.45. The number of rotatable bonds is 4. The molecule has 4 nitrogen and oxygen atoms in total. The van der Waals surface area contributed by atoms with E-state index in [1.807, 2.05) is 31.2 Å². The number of hydrogen-bond donors (Lipinski definition) is 1. The summed E-state index contributed by atoms with van der Waals surface area (Å²) in [5.74, 6) is -1.84. The minimum absolute atomic E-state index is 0.0578. The molecule has 6 rings (SSSR count). The predicted molar refractivity (Wildman–Crippen MR) is 109 cm³/mol. The summed E-state index contributed by atoms with van der Waals surface area (Å²) in [4.78, 5) is 14.3. The molecule has 3 saturated heterocycles. The van der Waals surface area contributed by atoms with Gasteiger partial charge in [0.25, 0.3) is 0 Å². The third-order valence-corrected chi connectivity index (χ3v) is 5.83. The standard InChI is InChI=1S/C23H20F2N2O2/c1-13-4-2-5-16-20(26-19-7-3-6-18(24)23(19)25)9-21(17(12-28)22(13)16)27-10-14-8-15(11-27)29-14/h2-7,9,12,14-15,26H,8,10-11H2,1H3. The zero-order chi connectivity index (χ0) is 20.1. The van der Waals surface area contributed by atoms with E-state index in [9.17, 15) is 13.6 Å². The summed E-state index contributed by atoms with van der Waals surface area (Å²) in [5, 5.41) is 4.66. The first-order chi connectivity index (χ1) is 14.0. The number of carbonyl (C=O) groups excluding carboxylic acids is 1. The molecule has 3 fully saturated rings. The molecule has 0 aliphatic carbocycles. The number of aldehydes is 1. The van der Waals surface area contributed by atoms with Crippen molar-refractivity contribution in [3.63, 3.8) is 0 Å². The Hall–Kier alpha value is -2.99. The van der Waals surface area contributed by atoms with Crippen LogP contribution in [-0.2, 0) is 4.74 Å². The Morgan fingerprint density at radius 3 is 2.55 bits per heavy atom. The van der Waals surface area contributed by atoms with Crippen LogP contribution in [0.4, 0.5) is 25.8 Å². The van der Waals surface area contributed by atoms with Crippen LogP contribution in [0, 0.1) is 18.6 Å². The number of nitrogens with zero attached hydrogens (tertiary/aromatic N) is 1. The molecule has 1 N–H and O–H groups in total. The number of hydrogen-bond acceptors (Lipinski definition) is 4. The van der Waals surface area contributed by atoms with Crippen LogP contribution >= 0.6 is 0 Å². The van der Waals surface area contributed by atoms with Crippen molar-refractivity contribution in [2.45, 2.75) is 25.6 Å². The van der Waals surface area contributed by atoms with E-state index >= 15 is 0 Å². The molecule has 3 aromatic carbocycles. The van der Waals surface area contributed by atoms with Crippen LogP contribution in [0.15, 0.2) is 42.5 Å². The Bertz CT molecular complexity index is 1120. The van der Waals surface area contributed by atoms with Gasteiger partial charge in [-0.25, -0.2) is 8.78 Å². The van der Waals surface area contributed by atoms with Gasteiger partial charge in [0, 0.05) is 36.1 Å². The van der Waals surface area contributed by atoms with Crippen molar-refractivity contribution in [3.05, 3.63) is 65.2 Å². The molecular weight excluding hydrogens is 374 g/mol. The highest BCUT2D eigenvalue weighted by molar-refractivity contribution is 6.11. The van der Waals surface area contributed by atoms with Crippen LogP contribution in [0.5, 0.6) is 0 Å². The highest BCUT2D eigenvalue weighted by atomic mass is 19.2. The first-order valence-electron chi connectivity index (χ1n) is 9.68. The number of piperidine rings is 1. The fraction of sp³-hybridized carbons (Fsp3) is 0.261. The molecule has 0 spiro atoms. The van der Waals surface area contributed by atoms with E-state index < -0.39 is 11.6 Å². The zero-order valence-corrected chi connectivity index (χ0v) is 15.9. The second-order valence-corrected chi connectivity index (χ2v) is 7.72. The molecule has 6 heteroatoms. The van der Waals surface area contributed by atoms with Crippen molar-refractivity contribution < 1.29 is 18.3 Å². The Labute approximate surface area is 167 Å². The predicted octanol–water partition coefficient (Wildman–Crippen LogP) is 4.96. The number of morpholine rings is 1. The molecule has 3 aromatic rings. The van der Waals surface area contributed by atoms with Crippen molar-refractivity contribution in [2.24, 2.45) is 0 Å². The van der Waals surface area contributed by atoms with Crippen molar-refractivity contribution in [1.82, 2.24) is 0 Å². The lowest BCUT2D eigenvalue weighted by Gasteiger charge is -2.48. The Morgan fingerprint density at radius 1 is 1.10 bits per heavy atom. The quantitative estimate of drug-likeness (QED) is 0.635. The van der Waals surface area contributed by atoms with Crippen LogP contribution in [-0.4, -0.2) is 31.6 Å². The lowest BCUT2D eigenvalue weighted by Crippen LogP contribution is -2.57. The summed E-state index contributed by atoms with van der Waals surface area (Å²) in [6.45, 7) is 3.37. The van der Waals surface area contributed by atoms with E-state index in [1.165, 1.54) is 12.1 Å². The molecule has 3 aliphatic rings. The Balaban J connectivity index is 1.69. The van der Waals surface area contributed by atoms with Gasteiger partial charge in [0.2, 0.25) is 0 Å². The highest BCUT2D eigenvalue weighted by Gasteiger charge is 2.39. The van der Waals surface area contributed by atoms with Gasteiger partial charge in [0.15, 0.2) is 17.9 Å². The van der Waals surface area contributed by atoms with Crippen molar-refractivity contribution in [2.75, 3.05) is 23.3 Å². The van der Waals surface area contributed by atoms with Gasteiger partial charge >= 0.3 is 0 Å². The zero-order valence-electron chi connectivity index (χ0n) is 15.9. The van der Waals surface area contributed by atoms with E-state index in [0.29, 0.717) is 24.3 Å². The Kier molecular flexibility index (Phi) is 4.24. The third kappa shape index (κ3) is 2.95. The first kappa shape index (κ1) is 18.1. The van der Waals surface area contributed by atoms with Gasteiger partial charge < -0.3 is 15.0 Å². The summed E-state index contributed by atoms with van der Waals surface area (Å²) in [7, 11) is 0. The minimum Gasteiger partial charge on any atom is -0.371 e. The van der Waals surface area contributed by atoms with Crippen LogP contribution in [0.3, 0.4) is 0 Å². The summed E-state index contributed by atoms with van der Waals surface area (Å²) >= 11 is 0. The van der Waals surface area contributed by atoms with Crippen LogP contribution < -0.4 is 10.2 Å². The van der Waals surface area contributed by atoms with Crippen LogP contribution in [0.25, 0.3) is 10.8 Å². The van der Waals surface area contributed by atoms with Gasteiger partial charge in [-0.1, -0.05) is 24.3 Å². The molecule has 29 heavy (non-hydrogen) atoms. The number of nitrogens with one attached hydrogen (secondary N) is 1. The molecule has 2 unspecified atom stereocenters. The lowest BCUT2D eigenvalue weighted by molar-refractivity contribution is -0.133. The average Bonchev–Trinajstić information content (AvgIpc) is 2.71. The smallest absolute Gasteiger partial charge is 0.182 e. The highest BCUT2D eigenvalue weighted by Crippen LogP contribution is 2.40. The molecule has 3 heterocycles. The summed E-state index contributed by atoms with van der Waals surface area (Å²) in [6, 6.07) is 11.6. The monoisotopic (exact) mass is 394 g/mol. The fourth-order valence-electron chi connectivity index (χ4n) is 4.45. The number of carbonyl (C=O) groups is 1. The molecule has 0 amide bonds. The van der Waals surface area contributed by atoms with E-state index in [2.05, 4.69) is 10.2 Å². The SMILES string of the molecule is Cc1cccc2c(Nc3cccc(F)c3F)cc(N3CC4CC(C3)O4)c(C=O)c12. The topological polar surface area (TPSA) is 41.6 Å². The number of ether oxygens (including phenoxy) is 1. The number of aryl methyl sites for hydroxylation is 1. The molecule has 148 valence electrons. The van der Waals surface area contributed by atoms with Gasteiger partial charge in [0.05, 0.1) is 23.6 Å². The van der Waals surface area contributed by atoms with E-state index in [0.717, 1.165) is 40.8 Å². The maximum absolute atomic E-state index is 14.3. The lowest BCUT2D eigenvalue weighted by atomic mass is 9.93. The maximum atomic E-state index is 14.3. The van der Waals surface area contributed by atoms with Crippen LogP contribution in [0.2, 0.25) is 0 Å². The summed E-state index contributed by atoms with van der Waals surface area (Å²) in [6.07, 6.45) is 2.29. The normalized spacial score (nSPS) is 20.4. The number of benzene rings is 3. The molecule has 3 aliphatic heterocycles. The average molecular weight is 394 g/mol. The van der Waals surface area contributed by atoms with Crippen LogP contribution in [0.1, 0.15) is 22.3 Å². The minimum atomic E-state index is -0.929. The third-order valence-electron chi connectivity index (χ3n) is 5.83. The molecular formula is C23H20F2N2O2. The van der Waals surface area contributed by atoms with E-state index in [-0.39, 0.29) is 17.9 Å². The summed E-state index contributed by atoms with van der Waals surface area (Å²) in [5.41, 5.74) is 3.05. The van der Waals surface area contributed by atoms with Gasteiger partial charge in [-0.3, -0.25) is 4.79 Å². The van der Waals surface area contributed by atoms with E-state index in [4.69, 9.17) is 4.74 Å². The molecule has 0 aromatic heterocycles. The maximum Gasteiger partial charge on any atom is 0.182 e. The number of anilines is 3.